The smallest absolute Gasteiger partial charge is 0.183 e. The van der Waals surface area contributed by atoms with Crippen molar-refractivity contribution in [2.75, 3.05) is 43.1 Å². The van der Waals surface area contributed by atoms with E-state index < -0.39 is 0 Å². The van der Waals surface area contributed by atoms with E-state index >= 15 is 0 Å². The van der Waals surface area contributed by atoms with Crippen molar-refractivity contribution < 1.29 is 9.13 Å². The lowest BCUT2D eigenvalue weighted by Crippen LogP contribution is -2.47. The van der Waals surface area contributed by atoms with Crippen molar-refractivity contribution in [3.8, 4) is 5.75 Å². The van der Waals surface area contributed by atoms with Crippen molar-refractivity contribution in [3.05, 3.63) is 42.6 Å². The first-order chi connectivity index (χ1) is 10.3. The van der Waals surface area contributed by atoms with E-state index in [9.17, 15) is 4.39 Å². The van der Waals surface area contributed by atoms with Gasteiger partial charge >= 0.3 is 0 Å². The highest BCUT2D eigenvalue weighted by molar-refractivity contribution is 5.52. The number of hydrogen-bond donors (Lipinski definition) is 0. The number of aromatic nitrogens is 2. The second-order valence-corrected chi connectivity index (χ2v) is 4.87. The molecular formula is C15H17FN4O. The lowest BCUT2D eigenvalue weighted by Gasteiger charge is -2.36. The van der Waals surface area contributed by atoms with Gasteiger partial charge in [-0.3, -0.25) is 0 Å². The van der Waals surface area contributed by atoms with Crippen LogP contribution in [0.2, 0.25) is 0 Å². The van der Waals surface area contributed by atoms with Crippen LogP contribution in [0.25, 0.3) is 0 Å². The molecule has 2 heterocycles. The molecule has 5 nitrogen and oxygen atoms in total. The van der Waals surface area contributed by atoms with Gasteiger partial charge < -0.3 is 14.5 Å². The number of nitrogens with zero attached hydrogens (tertiary/aromatic N) is 4. The van der Waals surface area contributed by atoms with Gasteiger partial charge in [0, 0.05) is 37.9 Å². The molecule has 0 saturated carbocycles. The van der Waals surface area contributed by atoms with Crippen molar-refractivity contribution in [1.82, 2.24) is 9.97 Å². The van der Waals surface area contributed by atoms with Crippen LogP contribution in [-0.4, -0.2) is 43.3 Å². The summed E-state index contributed by atoms with van der Waals surface area (Å²) >= 11 is 0. The summed E-state index contributed by atoms with van der Waals surface area (Å²) in [4.78, 5) is 11.9. The fourth-order valence-electron chi connectivity index (χ4n) is 2.52. The molecule has 1 aliphatic heterocycles. The third-order valence-electron chi connectivity index (χ3n) is 3.65. The topological polar surface area (TPSA) is 41.5 Å². The van der Waals surface area contributed by atoms with Crippen LogP contribution in [0.5, 0.6) is 5.75 Å². The third kappa shape index (κ3) is 2.89. The SMILES string of the molecule is COc1cccc(N2CCN(c3ncncc3F)CC2)c1. The molecule has 0 bridgehead atoms. The lowest BCUT2D eigenvalue weighted by molar-refractivity contribution is 0.414. The Bertz CT molecular complexity index is 614. The normalized spacial score (nSPS) is 15.1. The van der Waals surface area contributed by atoms with Crippen LogP contribution in [0.15, 0.2) is 36.8 Å². The highest BCUT2D eigenvalue weighted by Crippen LogP contribution is 2.23. The van der Waals surface area contributed by atoms with Crippen LogP contribution in [0.3, 0.4) is 0 Å². The maximum absolute atomic E-state index is 13.7. The fourth-order valence-corrected chi connectivity index (χ4v) is 2.52. The molecule has 21 heavy (non-hydrogen) atoms. The Balaban J connectivity index is 1.69. The van der Waals surface area contributed by atoms with E-state index in [1.54, 1.807) is 7.11 Å². The number of benzene rings is 1. The number of rotatable bonds is 3. The minimum absolute atomic E-state index is 0.368. The molecule has 1 aromatic carbocycles. The Labute approximate surface area is 123 Å². The van der Waals surface area contributed by atoms with Gasteiger partial charge in [0.25, 0.3) is 0 Å². The van der Waals surface area contributed by atoms with Gasteiger partial charge in [0.2, 0.25) is 0 Å². The van der Waals surface area contributed by atoms with Crippen LogP contribution in [-0.2, 0) is 0 Å². The predicted molar refractivity (Wildman–Crippen MR) is 79.4 cm³/mol. The predicted octanol–water partition coefficient (Wildman–Crippen LogP) is 1.95. The maximum Gasteiger partial charge on any atom is 0.183 e. The molecule has 0 aliphatic carbocycles. The molecule has 1 saturated heterocycles. The largest absolute Gasteiger partial charge is 0.497 e. The van der Waals surface area contributed by atoms with E-state index in [-0.39, 0.29) is 5.82 Å². The summed E-state index contributed by atoms with van der Waals surface area (Å²) in [5.74, 6) is 0.861. The molecule has 1 aliphatic rings. The fraction of sp³-hybridized carbons (Fsp3) is 0.333. The van der Waals surface area contributed by atoms with Gasteiger partial charge in [-0.25, -0.2) is 14.4 Å². The number of methoxy groups -OCH3 is 1. The quantitative estimate of drug-likeness (QED) is 0.863. The molecule has 0 spiro atoms. The van der Waals surface area contributed by atoms with Crippen LogP contribution >= 0.6 is 0 Å². The summed E-state index contributed by atoms with van der Waals surface area (Å²) in [6.45, 7) is 3.09. The average Bonchev–Trinajstić information content (AvgIpc) is 2.56. The summed E-state index contributed by atoms with van der Waals surface area (Å²) in [5.41, 5.74) is 1.12. The van der Waals surface area contributed by atoms with Gasteiger partial charge in [0.1, 0.15) is 12.1 Å². The zero-order chi connectivity index (χ0) is 14.7. The number of piperazine rings is 1. The first-order valence-electron chi connectivity index (χ1n) is 6.87. The zero-order valence-electron chi connectivity index (χ0n) is 11.9. The van der Waals surface area contributed by atoms with Gasteiger partial charge in [0.15, 0.2) is 11.6 Å². The molecule has 0 atom stereocenters. The monoisotopic (exact) mass is 288 g/mol. The van der Waals surface area contributed by atoms with Gasteiger partial charge in [-0.05, 0) is 12.1 Å². The number of halogens is 1. The number of hydrogen-bond acceptors (Lipinski definition) is 5. The average molecular weight is 288 g/mol. The van der Waals surface area contributed by atoms with E-state index in [4.69, 9.17) is 4.74 Å². The molecule has 6 heteroatoms. The zero-order valence-corrected chi connectivity index (χ0v) is 11.9. The second kappa shape index (κ2) is 5.95. The van der Waals surface area contributed by atoms with Crippen molar-refractivity contribution in [2.45, 2.75) is 0 Å². The Morgan fingerprint density at radius 3 is 2.62 bits per heavy atom. The van der Waals surface area contributed by atoms with E-state index in [2.05, 4.69) is 20.9 Å². The van der Waals surface area contributed by atoms with Crippen molar-refractivity contribution in [2.24, 2.45) is 0 Å². The molecule has 0 unspecified atom stereocenters. The summed E-state index contributed by atoms with van der Waals surface area (Å²) in [5, 5.41) is 0. The van der Waals surface area contributed by atoms with Crippen LogP contribution in [0.1, 0.15) is 0 Å². The highest BCUT2D eigenvalue weighted by atomic mass is 19.1. The highest BCUT2D eigenvalue weighted by Gasteiger charge is 2.20. The molecule has 0 amide bonds. The Morgan fingerprint density at radius 1 is 1.14 bits per heavy atom. The standard InChI is InChI=1S/C15H17FN4O/c1-21-13-4-2-3-12(9-13)19-5-7-20(8-6-19)15-14(16)10-17-11-18-15/h2-4,9-11H,5-8H2,1H3. The summed E-state index contributed by atoms with van der Waals surface area (Å²) < 4.78 is 18.9. The minimum atomic E-state index is -0.368. The first kappa shape index (κ1) is 13.6. The summed E-state index contributed by atoms with van der Waals surface area (Å²) in [6.07, 6.45) is 2.59. The van der Waals surface area contributed by atoms with E-state index in [1.807, 2.05) is 23.1 Å². The second-order valence-electron chi connectivity index (χ2n) is 4.87. The van der Waals surface area contributed by atoms with Crippen molar-refractivity contribution in [3.63, 3.8) is 0 Å². The van der Waals surface area contributed by atoms with Crippen LogP contribution in [0.4, 0.5) is 15.9 Å². The molecule has 0 N–H and O–H groups in total. The van der Waals surface area contributed by atoms with Crippen LogP contribution in [0, 0.1) is 5.82 Å². The van der Waals surface area contributed by atoms with E-state index in [0.717, 1.165) is 37.6 Å². The minimum Gasteiger partial charge on any atom is -0.497 e. The molecule has 1 aromatic heterocycles. The van der Waals surface area contributed by atoms with E-state index in [0.29, 0.717) is 5.82 Å². The van der Waals surface area contributed by atoms with Gasteiger partial charge in [-0.1, -0.05) is 6.07 Å². The Hall–Kier alpha value is -2.37. The maximum atomic E-state index is 13.7. The molecule has 0 radical (unpaired) electrons. The molecule has 1 fully saturated rings. The van der Waals surface area contributed by atoms with Gasteiger partial charge in [-0.15, -0.1) is 0 Å². The third-order valence-corrected chi connectivity index (χ3v) is 3.65. The Kier molecular flexibility index (Phi) is 3.85. The summed E-state index contributed by atoms with van der Waals surface area (Å²) in [7, 11) is 1.66. The first-order valence-corrected chi connectivity index (χ1v) is 6.87. The van der Waals surface area contributed by atoms with Gasteiger partial charge in [0.05, 0.1) is 13.3 Å². The molecule has 3 rings (SSSR count). The van der Waals surface area contributed by atoms with Crippen molar-refractivity contribution in [1.29, 1.82) is 0 Å². The number of anilines is 2. The summed E-state index contributed by atoms with van der Waals surface area (Å²) in [6, 6.07) is 7.98. The molecule has 110 valence electrons. The van der Waals surface area contributed by atoms with Crippen molar-refractivity contribution >= 4 is 11.5 Å². The van der Waals surface area contributed by atoms with Crippen LogP contribution < -0.4 is 14.5 Å². The molecular weight excluding hydrogens is 271 g/mol. The lowest BCUT2D eigenvalue weighted by atomic mass is 10.2. The van der Waals surface area contributed by atoms with Gasteiger partial charge in [-0.2, -0.15) is 0 Å². The number of ether oxygens (including phenoxy) is 1. The van der Waals surface area contributed by atoms with E-state index in [1.165, 1.54) is 12.5 Å². The Morgan fingerprint density at radius 2 is 1.90 bits per heavy atom. The molecule has 2 aromatic rings.